The molecule has 0 aliphatic rings. The molecule has 4 N–H and O–H groups in total. The third-order valence-corrected chi connectivity index (χ3v) is 3.49. The molecule has 0 saturated heterocycles. The Hall–Kier alpha value is -2.33. The Balaban J connectivity index is 1.44. The van der Waals surface area contributed by atoms with E-state index in [-0.39, 0.29) is 0 Å². The summed E-state index contributed by atoms with van der Waals surface area (Å²) in [5.74, 6) is 1.06. The van der Waals surface area contributed by atoms with E-state index < -0.39 is 0 Å². The highest BCUT2D eigenvalue weighted by atomic mass is 14.9. The van der Waals surface area contributed by atoms with Gasteiger partial charge < -0.3 is 16.0 Å². The van der Waals surface area contributed by atoms with Gasteiger partial charge in [0.25, 0.3) is 0 Å². The summed E-state index contributed by atoms with van der Waals surface area (Å²) < 4.78 is 0. The molecule has 108 valence electrons. The van der Waals surface area contributed by atoms with Crippen molar-refractivity contribution >= 4 is 16.7 Å². The van der Waals surface area contributed by atoms with Crippen molar-refractivity contribution in [3.63, 3.8) is 0 Å². The fourth-order valence-electron chi connectivity index (χ4n) is 2.44. The molecule has 0 unspecified atom stereocenters. The Bertz CT molecular complexity index is 684. The fraction of sp³-hybridized carbons (Fsp3) is 0.235. The highest BCUT2D eigenvalue weighted by Crippen LogP contribution is 2.11. The number of rotatable bonds is 6. The van der Waals surface area contributed by atoms with Crippen molar-refractivity contribution in [2.75, 3.05) is 12.3 Å². The molecule has 3 aromatic rings. The number of anilines is 1. The topological polar surface area (TPSA) is 66.7 Å². The van der Waals surface area contributed by atoms with E-state index in [0.717, 1.165) is 48.5 Å². The van der Waals surface area contributed by atoms with Gasteiger partial charge >= 0.3 is 0 Å². The summed E-state index contributed by atoms with van der Waals surface area (Å²) in [5, 5.41) is 3.44. The maximum atomic E-state index is 5.76. The number of aromatic nitrogens is 2. The lowest BCUT2D eigenvalue weighted by Crippen LogP contribution is -2.15. The standard InChI is InChI=1S/C17H20N4/c18-14-6-3-5-13(11-14)12-19-10-4-9-17-20-15-7-1-2-8-16(15)21-17/h1-3,5-8,11,19H,4,9-10,12,18H2,(H,20,21). The number of H-pyrrole nitrogens is 1. The Labute approximate surface area is 124 Å². The Morgan fingerprint density at radius 3 is 2.86 bits per heavy atom. The molecule has 0 radical (unpaired) electrons. The molecular formula is C17H20N4. The van der Waals surface area contributed by atoms with Crippen LogP contribution in [0.1, 0.15) is 17.8 Å². The van der Waals surface area contributed by atoms with Gasteiger partial charge in [0.2, 0.25) is 0 Å². The van der Waals surface area contributed by atoms with Crippen LogP contribution in [-0.2, 0) is 13.0 Å². The predicted octanol–water partition coefficient (Wildman–Crippen LogP) is 2.87. The summed E-state index contributed by atoms with van der Waals surface area (Å²) in [6.45, 7) is 1.82. The van der Waals surface area contributed by atoms with E-state index in [2.05, 4.69) is 27.4 Å². The minimum Gasteiger partial charge on any atom is -0.399 e. The molecule has 4 heteroatoms. The number of nitrogen functional groups attached to an aromatic ring is 1. The molecule has 4 nitrogen and oxygen atoms in total. The van der Waals surface area contributed by atoms with E-state index in [1.54, 1.807) is 0 Å². The van der Waals surface area contributed by atoms with E-state index in [9.17, 15) is 0 Å². The molecule has 1 heterocycles. The van der Waals surface area contributed by atoms with Crippen LogP contribution >= 0.6 is 0 Å². The maximum Gasteiger partial charge on any atom is 0.107 e. The zero-order valence-corrected chi connectivity index (χ0v) is 12.0. The lowest BCUT2D eigenvalue weighted by molar-refractivity contribution is 0.641. The summed E-state index contributed by atoms with van der Waals surface area (Å²) in [5.41, 5.74) is 9.95. The Morgan fingerprint density at radius 1 is 1.10 bits per heavy atom. The molecule has 0 saturated carbocycles. The molecule has 2 aromatic carbocycles. The molecular weight excluding hydrogens is 260 g/mol. The third-order valence-electron chi connectivity index (χ3n) is 3.49. The number of hydrogen-bond acceptors (Lipinski definition) is 3. The summed E-state index contributed by atoms with van der Waals surface area (Å²) in [6.07, 6.45) is 2.01. The average Bonchev–Trinajstić information content (AvgIpc) is 2.89. The second-order valence-corrected chi connectivity index (χ2v) is 5.23. The lowest BCUT2D eigenvalue weighted by atomic mass is 10.2. The van der Waals surface area contributed by atoms with Crippen LogP contribution in [0.15, 0.2) is 48.5 Å². The van der Waals surface area contributed by atoms with Gasteiger partial charge in [-0.3, -0.25) is 0 Å². The SMILES string of the molecule is Nc1cccc(CNCCCc2nc3ccccc3[nH]2)c1. The highest BCUT2D eigenvalue weighted by molar-refractivity contribution is 5.74. The van der Waals surface area contributed by atoms with Gasteiger partial charge in [0, 0.05) is 18.7 Å². The van der Waals surface area contributed by atoms with Crippen molar-refractivity contribution in [3.05, 3.63) is 59.9 Å². The van der Waals surface area contributed by atoms with Gasteiger partial charge in [-0.25, -0.2) is 4.98 Å². The molecule has 0 spiro atoms. The first-order valence-electron chi connectivity index (χ1n) is 7.30. The van der Waals surface area contributed by atoms with Gasteiger partial charge in [-0.15, -0.1) is 0 Å². The summed E-state index contributed by atoms with van der Waals surface area (Å²) in [6, 6.07) is 16.1. The smallest absolute Gasteiger partial charge is 0.107 e. The molecule has 0 fully saturated rings. The van der Waals surface area contributed by atoms with E-state index in [4.69, 9.17) is 5.73 Å². The second-order valence-electron chi connectivity index (χ2n) is 5.23. The zero-order chi connectivity index (χ0) is 14.5. The van der Waals surface area contributed by atoms with Gasteiger partial charge in [-0.1, -0.05) is 24.3 Å². The van der Waals surface area contributed by atoms with Crippen LogP contribution < -0.4 is 11.1 Å². The second kappa shape index (κ2) is 6.41. The van der Waals surface area contributed by atoms with Crippen LogP contribution in [0.5, 0.6) is 0 Å². The summed E-state index contributed by atoms with van der Waals surface area (Å²) in [7, 11) is 0. The number of fused-ring (bicyclic) bond motifs is 1. The van der Waals surface area contributed by atoms with E-state index in [0.29, 0.717) is 0 Å². The normalized spacial score (nSPS) is 11.0. The number of nitrogens with zero attached hydrogens (tertiary/aromatic N) is 1. The highest BCUT2D eigenvalue weighted by Gasteiger charge is 2.01. The molecule has 3 rings (SSSR count). The van der Waals surface area contributed by atoms with Crippen molar-refractivity contribution in [2.24, 2.45) is 0 Å². The minimum atomic E-state index is 0.816. The molecule has 1 aromatic heterocycles. The molecule has 0 bridgehead atoms. The van der Waals surface area contributed by atoms with Crippen molar-refractivity contribution in [3.8, 4) is 0 Å². The molecule has 0 atom stereocenters. The summed E-state index contributed by atoms with van der Waals surface area (Å²) >= 11 is 0. The number of hydrogen-bond donors (Lipinski definition) is 3. The Morgan fingerprint density at radius 2 is 2.00 bits per heavy atom. The van der Waals surface area contributed by atoms with Crippen molar-refractivity contribution in [2.45, 2.75) is 19.4 Å². The molecule has 0 aliphatic heterocycles. The minimum absolute atomic E-state index is 0.816. The van der Waals surface area contributed by atoms with Crippen LogP contribution in [0.2, 0.25) is 0 Å². The first-order valence-corrected chi connectivity index (χ1v) is 7.30. The zero-order valence-electron chi connectivity index (χ0n) is 12.0. The van der Waals surface area contributed by atoms with Crippen molar-refractivity contribution in [1.29, 1.82) is 0 Å². The number of nitrogens with two attached hydrogens (primary N) is 1. The van der Waals surface area contributed by atoms with Crippen molar-refractivity contribution < 1.29 is 0 Å². The number of nitrogens with one attached hydrogen (secondary N) is 2. The number of imidazole rings is 1. The Kier molecular flexibility index (Phi) is 4.17. The van der Waals surface area contributed by atoms with Crippen molar-refractivity contribution in [1.82, 2.24) is 15.3 Å². The fourth-order valence-corrected chi connectivity index (χ4v) is 2.44. The van der Waals surface area contributed by atoms with Crippen LogP contribution in [0.4, 0.5) is 5.69 Å². The number of benzene rings is 2. The monoisotopic (exact) mass is 280 g/mol. The number of para-hydroxylation sites is 2. The summed E-state index contributed by atoms with van der Waals surface area (Å²) in [4.78, 5) is 7.94. The van der Waals surface area contributed by atoms with E-state index in [1.165, 1.54) is 5.56 Å². The third kappa shape index (κ3) is 3.61. The molecule has 0 amide bonds. The predicted molar refractivity (Wildman–Crippen MR) is 87.0 cm³/mol. The van der Waals surface area contributed by atoms with E-state index >= 15 is 0 Å². The van der Waals surface area contributed by atoms with Gasteiger partial charge in [0.1, 0.15) is 5.82 Å². The molecule has 21 heavy (non-hydrogen) atoms. The number of aromatic amines is 1. The molecule has 0 aliphatic carbocycles. The van der Waals surface area contributed by atoms with Crippen LogP contribution in [0, 0.1) is 0 Å². The first-order chi connectivity index (χ1) is 10.3. The van der Waals surface area contributed by atoms with Gasteiger partial charge in [-0.2, -0.15) is 0 Å². The quantitative estimate of drug-likeness (QED) is 0.480. The number of aryl methyl sites for hydroxylation is 1. The lowest BCUT2D eigenvalue weighted by Gasteiger charge is -2.05. The van der Waals surface area contributed by atoms with E-state index in [1.807, 2.05) is 36.4 Å². The maximum absolute atomic E-state index is 5.76. The van der Waals surface area contributed by atoms with Crippen LogP contribution in [-0.4, -0.2) is 16.5 Å². The van der Waals surface area contributed by atoms with Gasteiger partial charge in [0.15, 0.2) is 0 Å². The first kappa shape index (κ1) is 13.6. The van der Waals surface area contributed by atoms with Crippen LogP contribution in [0.25, 0.3) is 11.0 Å². The van der Waals surface area contributed by atoms with Crippen LogP contribution in [0.3, 0.4) is 0 Å². The van der Waals surface area contributed by atoms with Gasteiger partial charge in [-0.05, 0) is 42.8 Å². The average molecular weight is 280 g/mol. The largest absolute Gasteiger partial charge is 0.399 e. The van der Waals surface area contributed by atoms with Gasteiger partial charge in [0.05, 0.1) is 11.0 Å².